The molecule has 21 heavy (non-hydrogen) atoms. The van der Waals surface area contributed by atoms with Gasteiger partial charge >= 0.3 is 5.97 Å². The number of anilines is 1. The number of carbonyl (C=O) groups excluding carboxylic acids is 1. The van der Waals surface area contributed by atoms with Crippen molar-refractivity contribution in [2.45, 2.75) is 20.3 Å². The Morgan fingerprint density at radius 3 is 2.62 bits per heavy atom. The van der Waals surface area contributed by atoms with E-state index >= 15 is 0 Å². The molecule has 2 heterocycles. The summed E-state index contributed by atoms with van der Waals surface area (Å²) in [5, 5.41) is 11.9. The predicted octanol–water partition coefficient (Wildman–Crippen LogP) is 2.26. The highest BCUT2D eigenvalue weighted by atomic mass is 32.1. The fourth-order valence-electron chi connectivity index (χ4n) is 1.79. The number of nitrogens with one attached hydrogen (secondary N) is 2. The van der Waals surface area contributed by atoms with Gasteiger partial charge in [0, 0.05) is 22.8 Å². The van der Waals surface area contributed by atoms with Gasteiger partial charge in [-0.1, -0.05) is 6.92 Å². The summed E-state index contributed by atoms with van der Waals surface area (Å²) in [7, 11) is 0. The van der Waals surface area contributed by atoms with Crippen LogP contribution in [0.1, 0.15) is 38.2 Å². The normalized spacial score (nSPS) is 10.4. The Morgan fingerprint density at radius 1 is 1.33 bits per heavy atom. The fraction of sp³-hybridized carbons (Fsp3) is 0.214. The summed E-state index contributed by atoms with van der Waals surface area (Å²) in [5.74, 6) is -1.73. The summed E-state index contributed by atoms with van der Waals surface area (Å²) in [6.07, 6.45) is 1.99. The predicted molar refractivity (Wildman–Crippen MR) is 80.4 cm³/mol. The van der Waals surface area contributed by atoms with Crippen molar-refractivity contribution < 1.29 is 14.7 Å². The summed E-state index contributed by atoms with van der Waals surface area (Å²) in [5.41, 5.74) is 0.220. The van der Waals surface area contributed by atoms with Gasteiger partial charge in [-0.05, 0) is 19.4 Å². The van der Waals surface area contributed by atoms with Crippen molar-refractivity contribution >= 4 is 28.2 Å². The number of aryl methyl sites for hydroxylation is 2. The molecule has 0 fully saturated rings. The average Bonchev–Trinajstić information content (AvgIpc) is 2.81. The van der Waals surface area contributed by atoms with E-state index in [1.165, 1.54) is 29.7 Å². The SMILES string of the molecule is CCc1cc(C(=O)O)c(NC(=O)c2c[nH]c(C)cc2=O)s1. The molecule has 0 aromatic carbocycles. The molecule has 7 heteroatoms. The van der Waals surface area contributed by atoms with E-state index in [9.17, 15) is 14.4 Å². The van der Waals surface area contributed by atoms with Crippen LogP contribution in [0.2, 0.25) is 0 Å². The molecule has 0 saturated heterocycles. The van der Waals surface area contributed by atoms with Gasteiger partial charge in [-0.3, -0.25) is 9.59 Å². The van der Waals surface area contributed by atoms with E-state index in [2.05, 4.69) is 10.3 Å². The van der Waals surface area contributed by atoms with Crippen LogP contribution in [-0.4, -0.2) is 22.0 Å². The Kier molecular flexibility index (Phi) is 4.23. The van der Waals surface area contributed by atoms with E-state index in [0.29, 0.717) is 12.1 Å². The molecule has 2 aromatic rings. The molecule has 0 radical (unpaired) electrons. The molecule has 110 valence electrons. The maximum Gasteiger partial charge on any atom is 0.338 e. The third-order valence-corrected chi connectivity index (χ3v) is 4.09. The second kappa shape index (κ2) is 5.92. The number of hydrogen-bond donors (Lipinski definition) is 3. The quantitative estimate of drug-likeness (QED) is 0.806. The van der Waals surface area contributed by atoms with Crippen molar-refractivity contribution in [3.05, 3.63) is 50.3 Å². The minimum atomic E-state index is -1.11. The first-order chi connectivity index (χ1) is 9.92. The lowest BCUT2D eigenvalue weighted by molar-refractivity contribution is 0.0698. The van der Waals surface area contributed by atoms with E-state index in [4.69, 9.17) is 5.11 Å². The zero-order valence-corrected chi connectivity index (χ0v) is 12.3. The summed E-state index contributed by atoms with van der Waals surface area (Å²) in [4.78, 5) is 38.7. The van der Waals surface area contributed by atoms with E-state index < -0.39 is 17.3 Å². The fourth-order valence-corrected chi connectivity index (χ4v) is 2.77. The lowest BCUT2D eigenvalue weighted by atomic mass is 10.2. The van der Waals surface area contributed by atoms with Crippen LogP contribution in [0.4, 0.5) is 5.00 Å². The third kappa shape index (κ3) is 3.19. The van der Waals surface area contributed by atoms with Gasteiger partial charge in [-0.25, -0.2) is 4.79 Å². The number of aromatic carboxylic acids is 1. The van der Waals surface area contributed by atoms with Crippen LogP contribution >= 0.6 is 11.3 Å². The van der Waals surface area contributed by atoms with Crippen LogP contribution in [0.15, 0.2) is 23.1 Å². The minimum absolute atomic E-state index is 0.0359. The summed E-state index contributed by atoms with van der Waals surface area (Å²) in [6.45, 7) is 3.60. The second-order valence-corrected chi connectivity index (χ2v) is 5.60. The molecule has 2 rings (SSSR count). The molecule has 3 N–H and O–H groups in total. The topological polar surface area (TPSA) is 99.3 Å². The second-order valence-electron chi connectivity index (χ2n) is 4.46. The van der Waals surface area contributed by atoms with Crippen LogP contribution in [0.3, 0.4) is 0 Å². The number of amides is 1. The molecular weight excluding hydrogens is 292 g/mol. The van der Waals surface area contributed by atoms with Crippen molar-refractivity contribution in [3.8, 4) is 0 Å². The summed E-state index contributed by atoms with van der Waals surface area (Å²) < 4.78 is 0. The first kappa shape index (κ1) is 15.0. The Morgan fingerprint density at radius 2 is 2.05 bits per heavy atom. The molecule has 0 unspecified atom stereocenters. The van der Waals surface area contributed by atoms with Crippen LogP contribution < -0.4 is 10.7 Å². The maximum atomic E-state index is 12.1. The molecular formula is C14H14N2O4S. The summed E-state index contributed by atoms with van der Waals surface area (Å²) in [6, 6.07) is 2.85. The zero-order chi connectivity index (χ0) is 15.6. The number of thiophene rings is 1. The van der Waals surface area contributed by atoms with Gasteiger partial charge in [0.1, 0.15) is 10.6 Å². The van der Waals surface area contributed by atoms with Gasteiger partial charge in [0.25, 0.3) is 5.91 Å². The van der Waals surface area contributed by atoms with Gasteiger partial charge in [0.15, 0.2) is 5.43 Å². The van der Waals surface area contributed by atoms with Crippen LogP contribution in [0, 0.1) is 6.92 Å². The average molecular weight is 306 g/mol. The first-order valence-electron chi connectivity index (χ1n) is 6.29. The Balaban J connectivity index is 2.33. The number of H-pyrrole nitrogens is 1. The monoisotopic (exact) mass is 306 g/mol. The lowest BCUT2D eigenvalue weighted by Crippen LogP contribution is -2.21. The Bertz CT molecular complexity index is 761. The van der Waals surface area contributed by atoms with Gasteiger partial charge in [-0.2, -0.15) is 0 Å². The number of aromatic amines is 1. The van der Waals surface area contributed by atoms with Crippen LogP contribution in [0.5, 0.6) is 0 Å². The molecule has 0 aliphatic carbocycles. The summed E-state index contributed by atoms with van der Waals surface area (Å²) >= 11 is 1.19. The van der Waals surface area contributed by atoms with Crippen molar-refractivity contribution in [1.29, 1.82) is 0 Å². The van der Waals surface area contributed by atoms with Gasteiger partial charge in [-0.15, -0.1) is 11.3 Å². The highest BCUT2D eigenvalue weighted by molar-refractivity contribution is 7.16. The maximum absolute atomic E-state index is 12.1. The molecule has 0 atom stereocenters. The van der Waals surface area contributed by atoms with Crippen LogP contribution in [-0.2, 0) is 6.42 Å². The van der Waals surface area contributed by atoms with Gasteiger partial charge in [0.05, 0.1) is 5.56 Å². The number of hydrogen-bond acceptors (Lipinski definition) is 4. The number of carboxylic acids is 1. The standard InChI is InChI=1S/C14H14N2O4S/c1-3-8-5-9(14(19)20)13(21-8)16-12(18)10-6-15-7(2)4-11(10)17/h4-6H,3H2,1-2H3,(H,15,17)(H,16,18)(H,19,20). The van der Waals surface area contributed by atoms with Crippen LogP contribution in [0.25, 0.3) is 0 Å². The number of carboxylic acid groups (broad SMARTS) is 1. The lowest BCUT2D eigenvalue weighted by Gasteiger charge is -2.04. The van der Waals surface area contributed by atoms with E-state index in [1.54, 1.807) is 6.92 Å². The molecule has 0 aliphatic heterocycles. The molecule has 0 saturated carbocycles. The van der Waals surface area contributed by atoms with Crippen molar-refractivity contribution in [2.24, 2.45) is 0 Å². The molecule has 0 bridgehead atoms. The van der Waals surface area contributed by atoms with Crippen molar-refractivity contribution in [3.63, 3.8) is 0 Å². The highest BCUT2D eigenvalue weighted by Gasteiger charge is 2.18. The number of pyridine rings is 1. The number of carbonyl (C=O) groups is 2. The van der Waals surface area contributed by atoms with E-state index in [1.807, 2.05) is 6.92 Å². The molecule has 2 aromatic heterocycles. The smallest absolute Gasteiger partial charge is 0.338 e. The molecule has 6 nitrogen and oxygen atoms in total. The number of aromatic nitrogens is 1. The molecule has 0 spiro atoms. The van der Waals surface area contributed by atoms with Gasteiger partial charge in [0.2, 0.25) is 0 Å². The van der Waals surface area contributed by atoms with Gasteiger partial charge < -0.3 is 15.4 Å². The van der Waals surface area contributed by atoms with Crippen molar-refractivity contribution in [2.75, 3.05) is 5.32 Å². The zero-order valence-electron chi connectivity index (χ0n) is 11.5. The third-order valence-electron chi connectivity index (χ3n) is 2.89. The molecule has 1 amide bonds. The van der Waals surface area contributed by atoms with E-state index in [0.717, 1.165) is 4.88 Å². The first-order valence-corrected chi connectivity index (χ1v) is 7.10. The Hall–Kier alpha value is -2.41. The highest BCUT2D eigenvalue weighted by Crippen LogP contribution is 2.28. The van der Waals surface area contributed by atoms with Crippen molar-refractivity contribution in [1.82, 2.24) is 4.98 Å². The van der Waals surface area contributed by atoms with E-state index in [-0.39, 0.29) is 16.1 Å². The number of rotatable bonds is 4. The largest absolute Gasteiger partial charge is 0.478 e. The minimum Gasteiger partial charge on any atom is -0.478 e. The Labute approximate surface area is 124 Å². The molecule has 0 aliphatic rings.